The maximum absolute atomic E-state index is 10.1. The second-order valence-electron chi connectivity index (χ2n) is 4.32. The standard InChI is InChI=1S/C12H15ClN4O/c13-12-9(2-1-5-16-12)11(18)10(17-14)7-15-6-8-3-4-8/h1-2,5,7-8,11,14-15,18H,3-4,6H2/b10-7-,17-14?. The topological polar surface area (TPSA) is 81.4 Å². The van der Waals surface area contributed by atoms with Gasteiger partial charge in [-0.3, -0.25) is 0 Å². The number of aliphatic hydroxyl groups excluding tert-OH is 1. The van der Waals surface area contributed by atoms with E-state index in [1.54, 1.807) is 24.5 Å². The van der Waals surface area contributed by atoms with Crippen molar-refractivity contribution in [2.24, 2.45) is 11.0 Å². The molecule has 1 aromatic rings. The first-order valence-electron chi connectivity index (χ1n) is 5.81. The molecule has 1 heterocycles. The number of pyridine rings is 1. The molecule has 96 valence electrons. The molecule has 1 aliphatic carbocycles. The van der Waals surface area contributed by atoms with Gasteiger partial charge in [0.2, 0.25) is 0 Å². The summed E-state index contributed by atoms with van der Waals surface area (Å²) in [4.78, 5) is 3.89. The number of rotatable bonds is 6. The highest BCUT2D eigenvalue weighted by Gasteiger charge is 2.21. The number of halogens is 1. The van der Waals surface area contributed by atoms with E-state index < -0.39 is 6.10 Å². The van der Waals surface area contributed by atoms with Gasteiger partial charge in [-0.25, -0.2) is 10.5 Å². The summed E-state index contributed by atoms with van der Waals surface area (Å²) < 4.78 is 0. The molecule has 5 nitrogen and oxygen atoms in total. The van der Waals surface area contributed by atoms with Gasteiger partial charge < -0.3 is 10.4 Å². The Hall–Kier alpha value is -1.46. The van der Waals surface area contributed by atoms with Crippen LogP contribution in [0.5, 0.6) is 0 Å². The normalized spacial score (nSPS) is 17.3. The molecular formula is C12H15ClN4O. The smallest absolute Gasteiger partial charge is 0.135 e. The Bertz CT molecular complexity index is 459. The van der Waals surface area contributed by atoms with Crippen LogP contribution in [0.4, 0.5) is 0 Å². The van der Waals surface area contributed by atoms with Gasteiger partial charge in [-0.15, -0.1) is 0 Å². The van der Waals surface area contributed by atoms with E-state index in [0.29, 0.717) is 11.5 Å². The number of hydrogen-bond acceptors (Lipinski definition) is 5. The fraction of sp³-hybridized carbons (Fsp3) is 0.417. The third kappa shape index (κ3) is 3.27. The van der Waals surface area contributed by atoms with Gasteiger partial charge in [0.05, 0.1) is 0 Å². The molecule has 3 N–H and O–H groups in total. The highest BCUT2D eigenvalue weighted by atomic mass is 35.5. The molecular weight excluding hydrogens is 252 g/mol. The second kappa shape index (κ2) is 5.93. The third-order valence-electron chi connectivity index (χ3n) is 2.85. The predicted octanol–water partition coefficient (Wildman–Crippen LogP) is 2.64. The Morgan fingerprint density at radius 3 is 3.11 bits per heavy atom. The van der Waals surface area contributed by atoms with Crippen molar-refractivity contribution in [3.05, 3.63) is 40.9 Å². The van der Waals surface area contributed by atoms with Crippen LogP contribution in [-0.4, -0.2) is 16.6 Å². The maximum atomic E-state index is 10.1. The fourth-order valence-corrected chi connectivity index (χ4v) is 1.81. The Morgan fingerprint density at radius 2 is 2.50 bits per heavy atom. The molecule has 1 aliphatic rings. The van der Waals surface area contributed by atoms with E-state index in [1.807, 2.05) is 0 Å². The van der Waals surface area contributed by atoms with Gasteiger partial charge in [0.15, 0.2) is 0 Å². The largest absolute Gasteiger partial charge is 0.389 e. The number of nitrogens with zero attached hydrogens (tertiary/aromatic N) is 2. The average Bonchev–Trinajstić information content (AvgIpc) is 3.18. The van der Waals surface area contributed by atoms with Crippen molar-refractivity contribution in [1.82, 2.24) is 10.3 Å². The molecule has 0 aromatic carbocycles. The molecule has 1 unspecified atom stereocenters. The summed E-state index contributed by atoms with van der Waals surface area (Å²) in [6, 6.07) is 3.35. The first-order valence-corrected chi connectivity index (χ1v) is 6.19. The zero-order valence-electron chi connectivity index (χ0n) is 9.81. The van der Waals surface area contributed by atoms with Crippen LogP contribution < -0.4 is 5.32 Å². The van der Waals surface area contributed by atoms with E-state index in [2.05, 4.69) is 15.4 Å². The minimum Gasteiger partial charge on any atom is -0.389 e. The molecule has 0 aliphatic heterocycles. The first kappa shape index (κ1) is 13.0. The van der Waals surface area contributed by atoms with Crippen LogP contribution in [0.2, 0.25) is 5.15 Å². The van der Waals surface area contributed by atoms with Crippen LogP contribution in [0.15, 0.2) is 35.3 Å². The van der Waals surface area contributed by atoms with Gasteiger partial charge in [0.1, 0.15) is 17.0 Å². The number of nitrogens with one attached hydrogen (secondary N) is 2. The Balaban J connectivity index is 2.06. The quantitative estimate of drug-likeness (QED) is 0.547. The van der Waals surface area contributed by atoms with E-state index in [-0.39, 0.29) is 10.9 Å². The summed E-state index contributed by atoms with van der Waals surface area (Å²) in [5, 5.41) is 16.7. The third-order valence-corrected chi connectivity index (χ3v) is 3.16. The molecule has 0 radical (unpaired) electrons. The highest BCUT2D eigenvalue weighted by Crippen LogP contribution is 2.29. The van der Waals surface area contributed by atoms with E-state index in [1.165, 1.54) is 12.8 Å². The van der Waals surface area contributed by atoms with Crippen molar-refractivity contribution in [2.45, 2.75) is 18.9 Å². The summed E-state index contributed by atoms with van der Waals surface area (Å²) in [6.45, 7) is 0.854. The monoisotopic (exact) mass is 266 g/mol. The molecule has 0 spiro atoms. The number of aliphatic hydroxyl groups is 1. The number of hydrogen-bond donors (Lipinski definition) is 3. The van der Waals surface area contributed by atoms with Gasteiger partial charge in [-0.1, -0.05) is 17.7 Å². The van der Waals surface area contributed by atoms with Crippen LogP contribution in [-0.2, 0) is 0 Å². The zero-order chi connectivity index (χ0) is 13.0. The number of aromatic nitrogens is 1. The van der Waals surface area contributed by atoms with Gasteiger partial charge in [-0.2, -0.15) is 5.11 Å². The molecule has 1 fully saturated rings. The van der Waals surface area contributed by atoms with Crippen LogP contribution in [0.1, 0.15) is 24.5 Å². The zero-order valence-corrected chi connectivity index (χ0v) is 10.6. The fourth-order valence-electron chi connectivity index (χ4n) is 1.59. The minimum absolute atomic E-state index is 0.224. The Kier molecular flexibility index (Phi) is 4.28. The van der Waals surface area contributed by atoms with Crippen LogP contribution >= 0.6 is 11.6 Å². The molecule has 0 bridgehead atoms. The second-order valence-corrected chi connectivity index (χ2v) is 4.68. The molecule has 0 amide bonds. The summed E-state index contributed by atoms with van der Waals surface area (Å²) >= 11 is 5.89. The lowest BCUT2D eigenvalue weighted by molar-refractivity contribution is 0.211. The van der Waals surface area contributed by atoms with Crippen molar-refractivity contribution < 1.29 is 5.11 Å². The Labute approximate surface area is 110 Å². The molecule has 1 saturated carbocycles. The minimum atomic E-state index is -1.03. The summed E-state index contributed by atoms with van der Waals surface area (Å²) in [5.41, 5.74) is 7.79. The lowest BCUT2D eigenvalue weighted by atomic mass is 10.1. The maximum Gasteiger partial charge on any atom is 0.135 e. The van der Waals surface area contributed by atoms with E-state index in [0.717, 1.165) is 6.54 Å². The van der Waals surface area contributed by atoms with E-state index in [9.17, 15) is 5.11 Å². The van der Waals surface area contributed by atoms with Gasteiger partial charge in [0, 0.05) is 24.5 Å². The van der Waals surface area contributed by atoms with Crippen molar-refractivity contribution in [3.8, 4) is 0 Å². The lowest BCUT2D eigenvalue weighted by Gasteiger charge is -2.12. The van der Waals surface area contributed by atoms with Gasteiger partial charge in [-0.05, 0) is 24.8 Å². The molecule has 1 atom stereocenters. The summed E-state index contributed by atoms with van der Waals surface area (Å²) in [6.07, 6.45) is 4.57. The van der Waals surface area contributed by atoms with Crippen molar-refractivity contribution in [3.63, 3.8) is 0 Å². The van der Waals surface area contributed by atoms with Crippen molar-refractivity contribution in [1.29, 1.82) is 5.53 Å². The predicted molar refractivity (Wildman–Crippen MR) is 68.2 cm³/mol. The van der Waals surface area contributed by atoms with Crippen LogP contribution in [0.3, 0.4) is 0 Å². The first-order chi connectivity index (χ1) is 8.72. The van der Waals surface area contributed by atoms with Gasteiger partial charge in [0.25, 0.3) is 0 Å². The van der Waals surface area contributed by atoms with Gasteiger partial charge >= 0.3 is 0 Å². The molecule has 2 rings (SSSR count). The molecule has 6 heteroatoms. The molecule has 0 saturated heterocycles. The molecule has 1 aromatic heterocycles. The van der Waals surface area contributed by atoms with E-state index in [4.69, 9.17) is 17.1 Å². The Morgan fingerprint density at radius 1 is 1.72 bits per heavy atom. The SMILES string of the molecule is N=N/C(=C\NCC1CC1)C(O)c1cccnc1Cl. The van der Waals surface area contributed by atoms with Crippen LogP contribution in [0, 0.1) is 11.4 Å². The van der Waals surface area contributed by atoms with Crippen molar-refractivity contribution >= 4 is 11.6 Å². The lowest BCUT2D eigenvalue weighted by Crippen LogP contribution is -2.12. The molecule has 18 heavy (non-hydrogen) atoms. The highest BCUT2D eigenvalue weighted by molar-refractivity contribution is 6.30. The summed E-state index contributed by atoms with van der Waals surface area (Å²) in [7, 11) is 0. The van der Waals surface area contributed by atoms with Crippen molar-refractivity contribution in [2.75, 3.05) is 6.54 Å². The summed E-state index contributed by atoms with van der Waals surface area (Å²) in [5.74, 6) is 0.715. The van der Waals surface area contributed by atoms with E-state index >= 15 is 0 Å². The average molecular weight is 267 g/mol. The van der Waals surface area contributed by atoms with Crippen LogP contribution in [0.25, 0.3) is 0 Å².